The van der Waals surface area contributed by atoms with Crippen molar-refractivity contribution in [3.05, 3.63) is 60.8 Å². The van der Waals surface area contributed by atoms with Gasteiger partial charge >= 0.3 is 17.9 Å². The Hall–Kier alpha value is -2.89. The smallest absolute Gasteiger partial charge is 0.306 e. The van der Waals surface area contributed by atoms with Gasteiger partial charge in [-0.2, -0.15) is 0 Å². The van der Waals surface area contributed by atoms with Crippen LogP contribution in [0.25, 0.3) is 0 Å². The Kier molecular flexibility index (Phi) is 51.3. The van der Waals surface area contributed by atoms with Crippen LogP contribution in [-0.2, 0) is 28.6 Å². The highest BCUT2D eigenvalue weighted by molar-refractivity contribution is 5.71. The summed E-state index contributed by atoms with van der Waals surface area (Å²) in [5.41, 5.74) is 0. The zero-order valence-electron chi connectivity index (χ0n) is 43.0. The summed E-state index contributed by atoms with van der Waals surface area (Å²) >= 11 is 0. The first-order valence-electron chi connectivity index (χ1n) is 27.8. The molecule has 0 spiro atoms. The van der Waals surface area contributed by atoms with Gasteiger partial charge in [-0.25, -0.2) is 0 Å². The van der Waals surface area contributed by atoms with Crippen molar-refractivity contribution in [1.29, 1.82) is 0 Å². The molecule has 1 atom stereocenters. The summed E-state index contributed by atoms with van der Waals surface area (Å²) in [6, 6.07) is 0. The molecule has 0 fully saturated rings. The first-order valence-corrected chi connectivity index (χ1v) is 27.8. The Morgan fingerprint density at radius 3 is 0.938 bits per heavy atom. The molecule has 0 rings (SSSR count). The summed E-state index contributed by atoms with van der Waals surface area (Å²) in [7, 11) is 0. The highest BCUT2D eigenvalue weighted by atomic mass is 16.6. The van der Waals surface area contributed by atoms with Gasteiger partial charge < -0.3 is 14.2 Å². The van der Waals surface area contributed by atoms with Crippen molar-refractivity contribution in [2.45, 2.75) is 284 Å². The number of allylic oxidation sites excluding steroid dienone is 10. The first-order chi connectivity index (χ1) is 32.0. The molecule has 0 aliphatic carbocycles. The third-order valence-electron chi connectivity index (χ3n) is 12.0. The van der Waals surface area contributed by atoms with E-state index in [4.69, 9.17) is 14.2 Å². The van der Waals surface area contributed by atoms with Crippen LogP contribution in [0.1, 0.15) is 278 Å². The molecule has 0 N–H and O–H groups in total. The third-order valence-corrected chi connectivity index (χ3v) is 12.0. The molecule has 0 bridgehead atoms. The summed E-state index contributed by atoms with van der Waals surface area (Å²) in [5.74, 6) is -0.917. The molecule has 65 heavy (non-hydrogen) atoms. The van der Waals surface area contributed by atoms with Gasteiger partial charge in [0.1, 0.15) is 13.2 Å². The van der Waals surface area contributed by atoms with Crippen molar-refractivity contribution in [1.82, 2.24) is 0 Å². The monoisotopic (exact) mass is 909 g/mol. The lowest BCUT2D eigenvalue weighted by Crippen LogP contribution is -2.30. The lowest BCUT2D eigenvalue weighted by molar-refractivity contribution is -0.167. The minimum Gasteiger partial charge on any atom is -0.462 e. The van der Waals surface area contributed by atoms with Gasteiger partial charge in [-0.15, -0.1) is 0 Å². The van der Waals surface area contributed by atoms with Crippen LogP contribution in [-0.4, -0.2) is 37.2 Å². The summed E-state index contributed by atoms with van der Waals surface area (Å²) in [4.78, 5) is 38.1. The van der Waals surface area contributed by atoms with Crippen molar-refractivity contribution in [2.75, 3.05) is 13.2 Å². The minimum absolute atomic E-state index is 0.0867. The van der Waals surface area contributed by atoms with E-state index < -0.39 is 6.10 Å². The van der Waals surface area contributed by atoms with Gasteiger partial charge in [0.15, 0.2) is 6.10 Å². The summed E-state index contributed by atoms with van der Waals surface area (Å²) in [5, 5.41) is 0. The molecule has 6 nitrogen and oxygen atoms in total. The van der Waals surface area contributed by atoms with Crippen molar-refractivity contribution in [3.63, 3.8) is 0 Å². The lowest BCUT2D eigenvalue weighted by Gasteiger charge is -2.18. The standard InChI is InChI=1S/C59H104O6/c1-4-7-10-13-16-19-22-25-27-28-29-30-32-34-37-40-43-46-49-52-58(61)64-55-56(54-63-57(60)51-48-45-42-39-36-33-24-21-18-15-12-9-6-3)65-59(62)53-50-47-44-41-38-35-31-26-23-20-17-14-11-8-5-2/h16,19,21,24-25,27,29-30,34,37,56H,4-15,17-18,20,22-23,26,28,31-33,35-36,38-55H2,1-3H3/b19-16-,24-21-,27-25-,30-29-,37-34-/t56-/m0/s1. The highest BCUT2D eigenvalue weighted by Gasteiger charge is 2.19. The molecule has 0 saturated carbocycles. The SMILES string of the molecule is CCCCC/C=C\C/C=C\C/C=C\C/C=C\CCCCCC(=O)OC[C@H](COC(=O)CCCCCCC/C=C\CCCCCC)OC(=O)CCCCCCCCCCCCCCCCC. The molecule has 0 radical (unpaired) electrons. The largest absolute Gasteiger partial charge is 0.462 e. The van der Waals surface area contributed by atoms with Crippen LogP contribution < -0.4 is 0 Å². The summed E-state index contributed by atoms with van der Waals surface area (Å²) in [6.45, 7) is 6.58. The van der Waals surface area contributed by atoms with E-state index in [9.17, 15) is 14.4 Å². The molecule has 0 aliphatic rings. The number of hydrogen-bond acceptors (Lipinski definition) is 6. The van der Waals surface area contributed by atoms with E-state index in [0.717, 1.165) is 89.9 Å². The molecule has 0 heterocycles. The van der Waals surface area contributed by atoms with Crippen molar-refractivity contribution in [2.24, 2.45) is 0 Å². The molecule has 0 amide bonds. The van der Waals surface area contributed by atoms with Crippen LogP contribution >= 0.6 is 0 Å². The van der Waals surface area contributed by atoms with Crippen molar-refractivity contribution < 1.29 is 28.6 Å². The quantitative estimate of drug-likeness (QED) is 0.0262. The van der Waals surface area contributed by atoms with E-state index in [0.29, 0.717) is 19.3 Å². The highest BCUT2D eigenvalue weighted by Crippen LogP contribution is 2.15. The molecule has 6 heteroatoms. The second-order valence-corrected chi connectivity index (χ2v) is 18.5. The maximum atomic E-state index is 12.8. The van der Waals surface area contributed by atoms with Gasteiger partial charge in [0.2, 0.25) is 0 Å². The molecule has 0 unspecified atom stereocenters. The van der Waals surface area contributed by atoms with Crippen LogP contribution in [0, 0.1) is 0 Å². The fraction of sp³-hybridized carbons (Fsp3) is 0.780. The van der Waals surface area contributed by atoms with E-state index in [1.807, 2.05) is 0 Å². The van der Waals surface area contributed by atoms with E-state index in [-0.39, 0.29) is 31.1 Å². The third kappa shape index (κ3) is 51.9. The maximum absolute atomic E-state index is 12.8. The predicted octanol–water partition coefficient (Wildman–Crippen LogP) is 18.4. The number of carbonyl (C=O) groups is 3. The van der Waals surface area contributed by atoms with Crippen LogP contribution in [0.3, 0.4) is 0 Å². The molecule has 0 aliphatic heterocycles. The van der Waals surface area contributed by atoms with Gasteiger partial charge in [-0.05, 0) is 89.9 Å². The Morgan fingerprint density at radius 2 is 0.554 bits per heavy atom. The number of unbranched alkanes of at least 4 members (excludes halogenated alkanes) is 29. The lowest BCUT2D eigenvalue weighted by atomic mass is 10.0. The molecular formula is C59H104O6. The maximum Gasteiger partial charge on any atom is 0.306 e. The average molecular weight is 909 g/mol. The molecule has 0 aromatic rings. The molecule has 376 valence electrons. The summed E-state index contributed by atoms with van der Waals surface area (Å²) < 4.78 is 16.8. The second kappa shape index (κ2) is 53.7. The molecule has 0 aromatic heterocycles. The molecule has 0 saturated heterocycles. The number of carbonyl (C=O) groups excluding carboxylic acids is 3. The fourth-order valence-electron chi connectivity index (χ4n) is 7.77. The van der Waals surface area contributed by atoms with E-state index in [2.05, 4.69) is 81.5 Å². The van der Waals surface area contributed by atoms with Gasteiger partial charge in [0.25, 0.3) is 0 Å². The van der Waals surface area contributed by atoms with Gasteiger partial charge in [0, 0.05) is 19.3 Å². The first kappa shape index (κ1) is 62.1. The van der Waals surface area contributed by atoms with Crippen molar-refractivity contribution in [3.8, 4) is 0 Å². The zero-order valence-corrected chi connectivity index (χ0v) is 43.0. The van der Waals surface area contributed by atoms with Gasteiger partial charge in [0.05, 0.1) is 0 Å². The Balaban J connectivity index is 4.42. The van der Waals surface area contributed by atoms with Crippen LogP contribution in [0.5, 0.6) is 0 Å². The van der Waals surface area contributed by atoms with Gasteiger partial charge in [-0.3, -0.25) is 14.4 Å². The normalized spacial score (nSPS) is 12.5. The topological polar surface area (TPSA) is 78.9 Å². The number of esters is 3. The second-order valence-electron chi connectivity index (χ2n) is 18.5. The van der Waals surface area contributed by atoms with Crippen molar-refractivity contribution >= 4 is 17.9 Å². The number of hydrogen-bond donors (Lipinski definition) is 0. The Labute approximate surface area is 402 Å². The zero-order chi connectivity index (χ0) is 47.2. The van der Waals surface area contributed by atoms with Gasteiger partial charge in [-0.1, -0.05) is 229 Å². The number of rotatable bonds is 50. The average Bonchev–Trinajstić information content (AvgIpc) is 3.30. The molecule has 0 aromatic carbocycles. The van der Waals surface area contributed by atoms with Crippen LogP contribution in [0.4, 0.5) is 0 Å². The minimum atomic E-state index is -0.788. The molecular weight excluding hydrogens is 805 g/mol. The Bertz CT molecular complexity index is 1180. The van der Waals surface area contributed by atoms with E-state index in [1.165, 1.54) is 148 Å². The van der Waals surface area contributed by atoms with Crippen LogP contribution in [0.2, 0.25) is 0 Å². The van der Waals surface area contributed by atoms with E-state index >= 15 is 0 Å². The van der Waals surface area contributed by atoms with Crippen LogP contribution in [0.15, 0.2) is 60.8 Å². The van der Waals surface area contributed by atoms with E-state index in [1.54, 1.807) is 0 Å². The fourth-order valence-corrected chi connectivity index (χ4v) is 7.77. The Morgan fingerprint density at radius 1 is 0.308 bits per heavy atom. The number of ether oxygens (including phenoxy) is 3. The summed E-state index contributed by atoms with van der Waals surface area (Å²) in [6.07, 6.45) is 66.3. The predicted molar refractivity (Wildman–Crippen MR) is 279 cm³/mol.